The Morgan fingerprint density at radius 1 is 0.483 bits per heavy atom. The molecule has 0 aliphatic rings. The molecule has 0 unspecified atom stereocenters. The molecule has 7 aromatic carbocycles. The molecule has 0 atom stereocenters. The third kappa shape index (κ3) is 5.53. The van der Waals surface area contributed by atoms with Crippen LogP contribution in [0.25, 0.3) is 111 Å². The zero-order valence-corrected chi connectivity index (χ0v) is 31.6. The Bertz CT molecular complexity index is 3420. The van der Waals surface area contributed by atoms with E-state index in [9.17, 15) is 0 Å². The van der Waals surface area contributed by atoms with Gasteiger partial charge in [0, 0.05) is 60.8 Å². The van der Waals surface area contributed by atoms with Crippen molar-refractivity contribution < 1.29 is 8.83 Å². The van der Waals surface area contributed by atoms with Gasteiger partial charge in [-0.15, -0.1) is 0 Å². The van der Waals surface area contributed by atoms with Crippen molar-refractivity contribution >= 4 is 71.3 Å². The Labute approximate surface area is 333 Å². The van der Waals surface area contributed by atoms with Crippen LogP contribution in [0.2, 0.25) is 0 Å². The summed E-state index contributed by atoms with van der Waals surface area (Å²) in [6.45, 7) is 6.26. The topological polar surface area (TPSA) is 69.9 Å². The van der Waals surface area contributed by atoms with E-state index in [0.29, 0.717) is 23.0 Å². The first-order valence-corrected chi connectivity index (χ1v) is 19.3. The lowest BCUT2D eigenvalue weighted by atomic mass is 10.0. The van der Waals surface area contributed by atoms with E-state index in [1.54, 1.807) is 0 Å². The molecule has 0 N–H and O–H groups in total. The van der Waals surface area contributed by atoms with Crippen LogP contribution < -0.4 is 0 Å². The normalized spacial score (nSPS) is 12.2. The lowest BCUT2D eigenvalue weighted by Crippen LogP contribution is -2.02. The standard InChI is InChI=1S/C52H34N4O2/c1-3-4-6-13-32(2)50-53-51(35-22-20-34(21-23-35)33-14-7-5-8-15-33)55-52(54-50)36-24-26-40-42-30-49-43(31-48(42)57-46(40)28-36)41-27-25-37(29-47(41)58-49)56-44-18-11-9-16-38(44)39-17-10-12-19-45(39)56/h3-31H,2H2,1H3/b4-3-,13-6-. The minimum Gasteiger partial charge on any atom is -0.456 e. The molecule has 0 fully saturated rings. The van der Waals surface area contributed by atoms with Gasteiger partial charge in [0.2, 0.25) is 0 Å². The fourth-order valence-electron chi connectivity index (χ4n) is 8.09. The lowest BCUT2D eigenvalue weighted by Gasteiger charge is -2.09. The number of aromatic nitrogens is 4. The molecule has 58 heavy (non-hydrogen) atoms. The molecule has 0 saturated carbocycles. The SMILES string of the molecule is C=C(/C=C\C=C/C)c1nc(-c2ccc(-c3ccccc3)cc2)nc(-c2ccc3c(c2)oc2cc4c(cc23)oc2cc(-n3c5ccccc5c5ccccc53)ccc24)n1. The van der Waals surface area contributed by atoms with E-state index >= 15 is 0 Å². The van der Waals surface area contributed by atoms with E-state index < -0.39 is 0 Å². The van der Waals surface area contributed by atoms with Crippen molar-refractivity contribution in [2.24, 2.45) is 0 Å². The second-order valence-electron chi connectivity index (χ2n) is 14.5. The van der Waals surface area contributed by atoms with Gasteiger partial charge in [-0.05, 0) is 66.6 Å². The Morgan fingerprint density at radius 2 is 1.02 bits per heavy atom. The first-order chi connectivity index (χ1) is 28.6. The van der Waals surface area contributed by atoms with Crippen molar-refractivity contribution in [1.82, 2.24) is 19.5 Å². The van der Waals surface area contributed by atoms with Crippen LogP contribution in [0.1, 0.15) is 12.7 Å². The molecule has 274 valence electrons. The summed E-state index contributed by atoms with van der Waals surface area (Å²) in [7, 11) is 0. The lowest BCUT2D eigenvalue weighted by molar-refractivity contribution is 0.664. The molecule has 11 rings (SSSR count). The van der Waals surface area contributed by atoms with Crippen molar-refractivity contribution in [3.63, 3.8) is 0 Å². The maximum atomic E-state index is 6.59. The van der Waals surface area contributed by atoms with Gasteiger partial charge < -0.3 is 13.4 Å². The quantitative estimate of drug-likeness (QED) is 0.152. The Balaban J connectivity index is 0.989. The van der Waals surface area contributed by atoms with Crippen molar-refractivity contribution in [3.05, 3.63) is 188 Å². The third-order valence-electron chi connectivity index (χ3n) is 10.9. The van der Waals surface area contributed by atoms with Gasteiger partial charge >= 0.3 is 0 Å². The van der Waals surface area contributed by atoms with Crippen molar-refractivity contribution in [1.29, 1.82) is 0 Å². The summed E-state index contributed by atoms with van der Waals surface area (Å²) in [6, 6.07) is 52.5. The van der Waals surface area contributed by atoms with Crippen LogP contribution in [-0.2, 0) is 0 Å². The van der Waals surface area contributed by atoms with E-state index in [1.807, 2.05) is 61.6 Å². The summed E-state index contributed by atoms with van der Waals surface area (Å²) in [5.41, 5.74) is 11.2. The Morgan fingerprint density at radius 3 is 1.69 bits per heavy atom. The van der Waals surface area contributed by atoms with E-state index in [1.165, 1.54) is 10.8 Å². The minimum atomic E-state index is 0.506. The molecular weight excluding hydrogens is 713 g/mol. The number of fused-ring (bicyclic) bond motifs is 9. The van der Waals surface area contributed by atoms with Gasteiger partial charge in [-0.25, -0.2) is 15.0 Å². The summed E-state index contributed by atoms with van der Waals surface area (Å²) in [5.74, 6) is 1.61. The molecule has 6 nitrogen and oxygen atoms in total. The van der Waals surface area contributed by atoms with E-state index in [2.05, 4.69) is 132 Å². The molecule has 0 saturated heterocycles. The van der Waals surface area contributed by atoms with Crippen LogP contribution >= 0.6 is 0 Å². The summed E-state index contributed by atoms with van der Waals surface area (Å²) < 4.78 is 15.5. The fourth-order valence-corrected chi connectivity index (χ4v) is 8.09. The summed E-state index contributed by atoms with van der Waals surface area (Å²) in [4.78, 5) is 14.8. The number of hydrogen-bond acceptors (Lipinski definition) is 5. The predicted octanol–water partition coefficient (Wildman–Crippen LogP) is 13.9. The summed E-state index contributed by atoms with van der Waals surface area (Å²) >= 11 is 0. The van der Waals surface area contributed by atoms with E-state index in [0.717, 1.165) is 82.9 Å². The molecule has 6 heteroatoms. The van der Waals surface area contributed by atoms with Gasteiger partial charge in [-0.2, -0.15) is 0 Å². The summed E-state index contributed by atoms with van der Waals surface area (Å²) in [5, 5.41) is 6.46. The molecular formula is C52H34N4O2. The molecule has 0 aliphatic heterocycles. The third-order valence-corrected chi connectivity index (χ3v) is 10.9. The highest BCUT2D eigenvalue weighted by Gasteiger charge is 2.18. The van der Waals surface area contributed by atoms with Crippen LogP contribution in [-0.4, -0.2) is 19.5 Å². The van der Waals surface area contributed by atoms with Gasteiger partial charge in [0.15, 0.2) is 17.5 Å². The number of benzene rings is 7. The van der Waals surface area contributed by atoms with Gasteiger partial charge in [0.1, 0.15) is 22.3 Å². The van der Waals surface area contributed by atoms with Gasteiger partial charge in [-0.1, -0.05) is 128 Å². The maximum Gasteiger partial charge on any atom is 0.164 e. The summed E-state index contributed by atoms with van der Waals surface area (Å²) in [6.07, 6.45) is 7.77. The fraction of sp³-hybridized carbons (Fsp3) is 0.0192. The molecule has 0 amide bonds. The van der Waals surface area contributed by atoms with Crippen molar-refractivity contribution in [2.75, 3.05) is 0 Å². The first kappa shape index (κ1) is 33.5. The molecule has 0 aliphatic carbocycles. The van der Waals surface area contributed by atoms with Crippen molar-refractivity contribution in [2.45, 2.75) is 6.92 Å². The predicted molar refractivity (Wildman–Crippen MR) is 238 cm³/mol. The molecule has 0 radical (unpaired) electrons. The average molecular weight is 747 g/mol. The zero-order valence-electron chi connectivity index (χ0n) is 31.6. The number of hydrogen-bond donors (Lipinski definition) is 0. The van der Waals surface area contributed by atoms with Crippen LogP contribution in [0.5, 0.6) is 0 Å². The van der Waals surface area contributed by atoms with Crippen LogP contribution in [0.15, 0.2) is 191 Å². The number of nitrogens with zero attached hydrogens (tertiary/aromatic N) is 4. The molecule has 0 bridgehead atoms. The highest BCUT2D eigenvalue weighted by Crippen LogP contribution is 2.40. The Kier molecular flexibility index (Phi) is 7.76. The second kappa shape index (κ2) is 13.4. The largest absolute Gasteiger partial charge is 0.456 e. The van der Waals surface area contributed by atoms with Crippen LogP contribution in [0.3, 0.4) is 0 Å². The van der Waals surface area contributed by atoms with Crippen LogP contribution in [0.4, 0.5) is 0 Å². The molecule has 0 spiro atoms. The Hall–Kier alpha value is -7.83. The van der Waals surface area contributed by atoms with E-state index in [-0.39, 0.29) is 0 Å². The zero-order chi connectivity index (χ0) is 38.7. The van der Waals surface area contributed by atoms with Gasteiger partial charge in [0.25, 0.3) is 0 Å². The maximum absolute atomic E-state index is 6.59. The number of furan rings is 2. The van der Waals surface area contributed by atoms with Gasteiger partial charge in [0.05, 0.1) is 11.0 Å². The first-order valence-electron chi connectivity index (χ1n) is 19.3. The minimum absolute atomic E-state index is 0.506. The number of allylic oxidation sites excluding steroid dienone is 5. The van der Waals surface area contributed by atoms with Crippen LogP contribution in [0, 0.1) is 0 Å². The monoisotopic (exact) mass is 746 g/mol. The second-order valence-corrected chi connectivity index (χ2v) is 14.5. The molecule has 11 aromatic rings. The smallest absolute Gasteiger partial charge is 0.164 e. The highest BCUT2D eigenvalue weighted by atomic mass is 16.3. The van der Waals surface area contributed by atoms with Crippen molar-refractivity contribution in [3.8, 4) is 39.6 Å². The average Bonchev–Trinajstić information content (AvgIpc) is 3.94. The van der Waals surface area contributed by atoms with Gasteiger partial charge in [-0.3, -0.25) is 0 Å². The highest BCUT2D eigenvalue weighted by molar-refractivity contribution is 6.15. The van der Waals surface area contributed by atoms with E-state index in [4.69, 9.17) is 23.8 Å². The molecule has 4 aromatic heterocycles. The molecule has 4 heterocycles. The number of rotatable bonds is 7. The number of para-hydroxylation sites is 2.